The molecule has 0 aromatic carbocycles. The van der Waals surface area contributed by atoms with Crippen molar-refractivity contribution in [1.29, 1.82) is 0 Å². The van der Waals surface area contributed by atoms with Crippen molar-refractivity contribution in [2.24, 2.45) is 5.41 Å². The lowest BCUT2D eigenvalue weighted by Gasteiger charge is -2.24. The van der Waals surface area contributed by atoms with Crippen LogP contribution < -0.4 is 5.32 Å². The van der Waals surface area contributed by atoms with Crippen molar-refractivity contribution in [2.75, 3.05) is 6.54 Å². The quantitative estimate of drug-likeness (QED) is 0.661. The fourth-order valence-corrected chi connectivity index (χ4v) is 2.55. The van der Waals surface area contributed by atoms with Gasteiger partial charge in [0, 0.05) is 18.0 Å². The lowest BCUT2D eigenvalue weighted by molar-refractivity contribution is 0.302. The summed E-state index contributed by atoms with van der Waals surface area (Å²) in [6, 6.07) is 4.32. The van der Waals surface area contributed by atoms with E-state index in [1.165, 1.54) is 30.6 Å². The van der Waals surface area contributed by atoms with E-state index in [9.17, 15) is 0 Å². The monoisotopic (exact) mass is 239 g/mol. The third-order valence-corrected chi connectivity index (χ3v) is 3.82. The maximum Gasteiger partial charge on any atom is 0.0299 e. The average Bonchev–Trinajstić information content (AvgIpc) is 2.70. The van der Waals surface area contributed by atoms with E-state index >= 15 is 0 Å². The fourth-order valence-electron chi connectivity index (χ4n) is 1.88. The molecule has 1 rings (SSSR count). The van der Waals surface area contributed by atoms with Crippen LogP contribution >= 0.6 is 11.3 Å². The Morgan fingerprint density at radius 1 is 1.31 bits per heavy atom. The van der Waals surface area contributed by atoms with E-state index in [1.807, 2.05) is 11.3 Å². The number of rotatable bonds is 8. The van der Waals surface area contributed by atoms with Crippen molar-refractivity contribution in [3.8, 4) is 0 Å². The Morgan fingerprint density at radius 2 is 2.12 bits per heavy atom. The Balaban J connectivity index is 2.14. The molecule has 0 aliphatic rings. The molecular formula is C14H25NS. The molecular weight excluding hydrogens is 214 g/mol. The van der Waals surface area contributed by atoms with Crippen LogP contribution in [0.5, 0.6) is 0 Å². The number of hydrogen-bond donors (Lipinski definition) is 1. The summed E-state index contributed by atoms with van der Waals surface area (Å²) in [6.07, 6.45) is 5.38. The van der Waals surface area contributed by atoms with Gasteiger partial charge in [-0.25, -0.2) is 0 Å². The average molecular weight is 239 g/mol. The molecule has 1 nitrogen and oxygen atoms in total. The molecule has 1 heterocycles. The highest BCUT2D eigenvalue weighted by molar-refractivity contribution is 7.09. The molecule has 0 unspecified atom stereocenters. The van der Waals surface area contributed by atoms with Crippen LogP contribution in [0.25, 0.3) is 0 Å². The summed E-state index contributed by atoms with van der Waals surface area (Å²) in [5, 5.41) is 5.71. The summed E-state index contributed by atoms with van der Waals surface area (Å²) in [4.78, 5) is 1.43. The van der Waals surface area contributed by atoms with Crippen molar-refractivity contribution >= 4 is 11.3 Å². The van der Waals surface area contributed by atoms with Gasteiger partial charge in [0.05, 0.1) is 0 Å². The van der Waals surface area contributed by atoms with Gasteiger partial charge >= 0.3 is 0 Å². The Labute approximate surface area is 104 Å². The first kappa shape index (κ1) is 13.7. The van der Waals surface area contributed by atoms with Gasteiger partial charge in [-0.15, -0.1) is 11.3 Å². The normalized spacial score (nSPS) is 11.9. The molecule has 0 aliphatic carbocycles. The van der Waals surface area contributed by atoms with Crippen molar-refractivity contribution in [2.45, 2.75) is 53.0 Å². The minimum absolute atomic E-state index is 0.437. The largest absolute Gasteiger partial charge is 0.311 e. The Morgan fingerprint density at radius 3 is 2.75 bits per heavy atom. The highest BCUT2D eigenvalue weighted by Crippen LogP contribution is 2.22. The standard InChI is InChI=1S/C14H25NS/c1-4-5-6-9-14(2,3)12-15-11-13-8-7-10-16-13/h7-8,10,15H,4-6,9,11-12H2,1-3H3. The van der Waals surface area contributed by atoms with Crippen LogP contribution in [0.3, 0.4) is 0 Å². The number of unbranched alkanes of at least 4 members (excludes halogenated alkanes) is 2. The zero-order valence-electron chi connectivity index (χ0n) is 10.9. The highest BCUT2D eigenvalue weighted by atomic mass is 32.1. The van der Waals surface area contributed by atoms with E-state index in [2.05, 4.69) is 43.6 Å². The van der Waals surface area contributed by atoms with Crippen molar-refractivity contribution in [3.63, 3.8) is 0 Å². The number of hydrogen-bond acceptors (Lipinski definition) is 2. The predicted molar refractivity (Wildman–Crippen MR) is 73.9 cm³/mol. The summed E-state index contributed by atoms with van der Waals surface area (Å²) in [7, 11) is 0. The second kappa shape index (κ2) is 7.08. The van der Waals surface area contributed by atoms with E-state index in [-0.39, 0.29) is 0 Å². The van der Waals surface area contributed by atoms with Gasteiger partial charge in [0.25, 0.3) is 0 Å². The second-order valence-corrected chi connectivity index (χ2v) is 6.34. The van der Waals surface area contributed by atoms with Gasteiger partial charge in [0.1, 0.15) is 0 Å². The van der Waals surface area contributed by atoms with Gasteiger partial charge in [-0.05, 0) is 23.3 Å². The first-order chi connectivity index (χ1) is 7.64. The molecule has 16 heavy (non-hydrogen) atoms. The number of thiophene rings is 1. The van der Waals surface area contributed by atoms with Gasteiger partial charge in [-0.1, -0.05) is 46.1 Å². The Kier molecular flexibility index (Phi) is 6.07. The molecule has 1 aromatic rings. The minimum atomic E-state index is 0.437. The zero-order valence-corrected chi connectivity index (χ0v) is 11.7. The SMILES string of the molecule is CCCCCC(C)(C)CNCc1cccs1. The van der Waals surface area contributed by atoms with Crippen molar-refractivity contribution in [1.82, 2.24) is 5.32 Å². The molecule has 0 spiro atoms. The van der Waals surface area contributed by atoms with Gasteiger partial charge in [-0.2, -0.15) is 0 Å². The first-order valence-electron chi connectivity index (χ1n) is 6.37. The predicted octanol–water partition coefficient (Wildman–Crippen LogP) is 4.44. The molecule has 0 aliphatic heterocycles. The molecule has 0 saturated heterocycles. The van der Waals surface area contributed by atoms with Crippen LogP contribution in [0.1, 0.15) is 51.3 Å². The van der Waals surface area contributed by atoms with Crippen LogP contribution in [0, 0.1) is 5.41 Å². The molecule has 0 bridgehead atoms. The number of nitrogens with one attached hydrogen (secondary N) is 1. The Hall–Kier alpha value is -0.340. The molecule has 2 heteroatoms. The molecule has 92 valence electrons. The third kappa shape index (κ3) is 5.66. The lowest BCUT2D eigenvalue weighted by Crippen LogP contribution is -2.28. The first-order valence-corrected chi connectivity index (χ1v) is 7.25. The van der Waals surface area contributed by atoms with E-state index in [0.29, 0.717) is 5.41 Å². The van der Waals surface area contributed by atoms with E-state index in [4.69, 9.17) is 0 Å². The molecule has 0 fully saturated rings. The highest BCUT2D eigenvalue weighted by Gasteiger charge is 2.16. The van der Waals surface area contributed by atoms with E-state index in [0.717, 1.165) is 13.1 Å². The van der Waals surface area contributed by atoms with Crippen LogP contribution in [-0.4, -0.2) is 6.54 Å². The van der Waals surface area contributed by atoms with Crippen LogP contribution in [0.4, 0.5) is 0 Å². The van der Waals surface area contributed by atoms with Crippen molar-refractivity contribution in [3.05, 3.63) is 22.4 Å². The molecule has 0 atom stereocenters. The summed E-state index contributed by atoms with van der Waals surface area (Å²) >= 11 is 1.83. The fraction of sp³-hybridized carbons (Fsp3) is 0.714. The molecule has 1 aromatic heterocycles. The Bertz CT molecular complexity index is 264. The van der Waals surface area contributed by atoms with Crippen LogP contribution in [-0.2, 0) is 6.54 Å². The summed E-state index contributed by atoms with van der Waals surface area (Å²) in [5.41, 5.74) is 0.437. The van der Waals surface area contributed by atoms with Crippen LogP contribution in [0.15, 0.2) is 17.5 Å². The molecule has 0 saturated carbocycles. The van der Waals surface area contributed by atoms with Gasteiger partial charge in [-0.3, -0.25) is 0 Å². The van der Waals surface area contributed by atoms with Crippen molar-refractivity contribution < 1.29 is 0 Å². The lowest BCUT2D eigenvalue weighted by atomic mass is 9.87. The van der Waals surface area contributed by atoms with E-state index in [1.54, 1.807) is 0 Å². The van der Waals surface area contributed by atoms with E-state index < -0.39 is 0 Å². The van der Waals surface area contributed by atoms with Gasteiger partial charge < -0.3 is 5.32 Å². The second-order valence-electron chi connectivity index (χ2n) is 5.30. The summed E-state index contributed by atoms with van der Waals surface area (Å²) in [6.45, 7) is 9.14. The topological polar surface area (TPSA) is 12.0 Å². The third-order valence-electron chi connectivity index (χ3n) is 2.94. The maximum atomic E-state index is 3.57. The summed E-state index contributed by atoms with van der Waals surface area (Å²) < 4.78 is 0. The minimum Gasteiger partial charge on any atom is -0.311 e. The van der Waals surface area contributed by atoms with Crippen LogP contribution in [0.2, 0.25) is 0 Å². The smallest absolute Gasteiger partial charge is 0.0299 e. The molecule has 0 amide bonds. The molecule has 1 N–H and O–H groups in total. The molecule has 0 radical (unpaired) electrons. The van der Waals surface area contributed by atoms with Gasteiger partial charge in [0.2, 0.25) is 0 Å². The maximum absolute atomic E-state index is 3.57. The zero-order chi connectivity index (χ0) is 11.9. The summed E-state index contributed by atoms with van der Waals surface area (Å²) in [5.74, 6) is 0. The van der Waals surface area contributed by atoms with Gasteiger partial charge in [0.15, 0.2) is 0 Å².